The van der Waals surface area contributed by atoms with Gasteiger partial charge in [0, 0.05) is 49.8 Å². The number of hydrogen-bond donors (Lipinski definition) is 2. The number of carbonyl (C=O) groups excluding carboxylic acids is 1. The fourth-order valence-corrected chi connectivity index (χ4v) is 3.96. The van der Waals surface area contributed by atoms with Crippen LogP contribution in [0.4, 0.5) is 5.69 Å². The predicted octanol–water partition coefficient (Wildman–Crippen LogP) is 3.12. The van der Waals surface area contributed by atoms with Crippen molar-refractivity contribution in [2.75, 3.05) is 51.3 Å². The normalized spacial score (nSPS) is 14.9. The average Bonchev–Trinajstić information content (AvgIpc) is 3.21. The van der Waals surface area contributed by atoms with Crippen LogP contribution in [0.2, 0.25) is 0 Å². The Morgan fingerprint density at radius 2 is 1.83 bits per heavy atom. The highest BCUT2D eigenvalue weighted by Crippen LogP contribution is 2.28. The van der Waals surface area contributed by atoms with Gasteiger partial charge in [-0.3, -0.25) is 9.69 Å². The first-order chi connectivity index (χ1) is 14.3. The van der Waals surface area contributed by atoms with Crippen LogP contribution < -0.4 is 15.0 Å². The first-order valence-corrected chi connectivity index (χ1v) is 10.2. The molecule has 0 saturated carbocycles. The summed E-state index contributed by atoms with van der Waals surface area (Å²) < 4.78 is 5.49. The van der Waals surface area contributed by atoms with Gasteiger partial charge >= 0.3 is 0 Å². The Balaban J connectivity index is 1.21. The number of amides is 1. The van der Waals surface area contributed by atoms with E-state index >= 15 is 0 Å². The molecule has 1 amide bonds. The zero-order valence-electron chi connectivity index (χ0n) is 16.9. The summed E-state index contributed by atoms with van der Waals surface area (Å²) in [6.07, 6.45) is 2.74. The average molecular weight is 393 g/mol. The molecule has 2 N–H and O–H groups in total. The molecule has 152 valence electrons. The second-order valence-electron chi connectivity index (χ2n) is 7.36. The van der Waals surface area contributed by atoms with Crippen molar-refractivity contribution in [3.63, 3.8) is 0 Å². The van der Waals surface area contributed by atoms with Gasteiger partial charge < -0.3 is 19.9 Å². The summed E-state index contributed by atoms with van der Waals surface area (Å²) in [6, 6.07) is 16.1. The summed E-state index contributed by atoms with van der Waals surface area (Å²) in [6.45, 7) is 5.70. The van der Waals surface area contributed by atoms with Gasteiger partial charge in [-0.25, -0.2) is 0 Å². The number of hydrogen-bond acceptors (Lipinski definition) is 4. The first-order valence-electron chi connectivity index (χ1n) is 10.2. The standard InChI is InChI=1S/C23H28N4O2/c1-29-22-10-5-4-9-21(22)27-15-13-26(14-16-27)12-6-11-24-23(28)19-17-25-20-8-3-2-7-18(19)20/h2-5,7-10,17,25H,6,11-16H2,1H3,(H,24,28). The van der Waals surface area contributed by atoms with Crippen LogP contribution in [0.15, 0.2) is 54.7 Å². The molecule has 6 heteroatoms. The van der Waals surface area contributed by atoms with Crippen molar-refractivity contribution in [3.8, 4) is 5.75 Å². The van der Waals surface area contributed by atoms with Gasteiger partial charge in [-0.2, -0.15) is 0 Å². The van der Waals surface area contributed by atoms with Crippen LogP contribution in [-0.4, -0.2) is 62.2 Å². The number of methoxy groups -OCH3 is 1. The molecule has 29 heavy (non-hydrogen) atoms. The molecule has 0 spiro atoms. The Labute approximate surface area is 171 Å². The van der Waals surface area contributed by atoms with Crippen LogP contribution in [-0.2, 0) is 0 Å². The minimum absolute atomic E-state index is 0.0107. The summed E-state index contributed by atoms with van der Waals surface area (Å²) >= 11 is 0. The van der Waals surface area contributed by atoms with E-state index in [0.29, 0.717) is 12.1 Å². The van der Waals surface area contributed by atoms with E-state index in [1.54, 1.807) is 13.3 Å². The molecule has 1 fully saturated rings. The number of carbonyl (C=O) groups is 1. The van der Waals surface area contributed by atoms with E-state index in [1.165, 1.54) is 5.69 Å². The van der Waals surface area contributed by atoms with Crippen molar-refractivity contribution in [3.05, 3.63) is 60.3 Å². The Morgan fingerprint density at radius 3 is 2.66 bits per heavy atom. The van der Waals surface area contributed by atoms with Gasteiger partial charge in [0.2, 0.25) is 0 Å². The fourth-order valence-electron chi connectivity index (χ4n) is 3.96. The second-order valence-corrected chi connectivity index (χ2v) is 7.36. The van der Waals surface area contributed by atoms with E-state index in [9.17, 15) is 4.79 Å². The van der Waals surface area contributed by atoms with E-state index in [2.05, 4.69) is 32.2 Å². The summed E-state index contributed by atoms with van der Waals surface area (Å²) in [4.78, 5) is 20.5. The molecule has 1 aromatic heterocycles. The second kappa shape index (κ2) is 9.01. The van der Waals surface area contributed by atoms with Crippen molar-refractivity contribution >= 4 is 22.5 Å². The van der Waals surface area contributed by atoms with Gasteiger partial charge in [-0.15, -0.1) is 0 Å². The topological polar surface area (TPSA) is 60.6 Å². The number of aromatic nitrogens is 1. The molecule has 1 saturated heterocycles. The number of fused-ring (bicyclic) bond motifs is 1. The molecule has 3 aromatic rings. The van der Waals surface area contributed by atoms with Gasteiger partial charge in [0.15, 0.2) is 0 Å². The number of piperazine rings is 1. The van der Waals surface area contributed by atoms with Crippen molar-refractivity contribution in [1.29, 1.82) is 0 Å². The van der Waals surface area contributed by atoms with Crippen molar-refractivity contribution in [1.82, 2.24) is 15.2 Å². The Kier molecular flexibility index (Phi) is 6.00. The minimum Gasteiger partial charge on any atom is -0.495 e. The van der Waals surface area contributed by atoms with E-state index in [0.717, 1.165) is 55.8 Å². The number of H-pyrrole nitrogens is 1. The van der Waals surface area contributed by atoms with Crippen molar-refractivity contribution in [2.24, 2.45) is 0 Å². The number of ether oxygens (including phenoxy) is 1. The molecule has 0 aliphatic carbocycles. The monoisotopic (exact) mass is 392 g/mol. The number of para-hydroxylation sites is 3. The number of rotatable bonds is 7. The van der Waals surface area contributed by atoms with Crippen LogP contribution in [0.1, 0.15) is 16.8 Å². The minimum atomic E-state index is -0.0107. The lowest BCUT2D eigenvalue weighted by molar-refractivity contribution is 0.0953. The number of benzene rings is 2. The lowest BCUT2D eigenvalue weighted by atomic mass is 10.1. The van der Waals surface area contributed by atoms with E-state index < -0.39 is 0 Å². The van der Waals surface area contributed by atoms with Gasteiger partial charge in [0.1, 0.15) is 5.75 Å². The summed E-state index contributed by atoms with van der Waals surface area (Å²) in [7, 11) is 1.72. The molecule has 6 nitrogen and oxygen atoms in total. The van der Waals surface area contributed by atoms with Crippen LogP contribution in [0.3, 0.4) is 0 Å². The predicted molar refractivity (Wildman–Crippen MR) is 117 cm³/mol. The largest absolute Gasteiger partial charge is 0.495 e. The van der Waals surface area contributed by atoms with Crippen LogP contribution in [0, 0.1) is 0 Å². The summed E-state index contributed by atoms with van der Waals surface area (Å²) in [5.74, 6) is 0.921. The highest BCUT2D eigenvalue weighted by atomic mass is 16.5. The lowest BCUT2D eigenvalue weighted by Gasteiger charge is -2.36. The van der Waals surface area contributed by atoms with Crippen molar-refractivity contribution in [2.45, 2.75) is 6.42 Å². The maximum absolute atomic E-state index is 12.5. The Hall–Kier alpha value is -2.99. The zero-order valence-corrected chi connectivity index (χ0v) is 16.9. The van der Waals surface area contributed by atoms with Crippen LogP contribution >= 0.6 is 0 Å². The molecular weight excluding hydrogens is 364 g/mol. The molecule has 1 aliphatic rings. The zero-order chi connectivity index (χ0) is 20.1. The molecular formula is C23H28N4O2. The van der Waals surface area contributed by atoms with Gasteiger partial charge in [0.25, 0.3) is 5.91 Å². The third kappa shape index (κ3) is 4.38. The van der Waals surface area contributed by atoms with Crippen molar-refractivity contribution < 1.29 is 9.53 Å². The molecule has 0 unspecified atom stereocenters. The molecule has 0 bridgehead atoms. The SMILES string of the molecule is COc1ccccc1N1CCN(CCCNC(=O)c2c[nH]c3ccccc23)CC1. The lowest BCUT2D eigenvalue weighted by Crippen LogP contribution is -2.47. The number of nitrogens with one attached hydrogen (secondary N) is 2. The highest BCUT2D eigenvalue weighted by molar-refractivity contribution is 6.06. The van der Waals surface area contributed by atoms with Gasteiger partial charge in [-0.1, -0.05) is 30.3 Å². The van der Waals surface area contributed by atoms with E-state index in [4.69, 9.17) is 4.74 Å². The van der Waals surface area contributed by atoms with E-state index in [1.807, 2.05) is 36.4 Å². The molecule has 4 rings (SSSR count). The molecule has 1 aliphatic heterocycles. The molecule has 2 heterocycles. The summed E-state index contributed by atoms with van der Waals surface area (Å²) in [5, 5.41) is 4.02. The first kappa shape index (κ1) is 19.3. The van der Waals surface area contributed by atoms with Crippen LogP contribution in [0.5, 0.6) is 5.75 Å². The Morgan fingerprint density at radius 1 is 1.07 bits per heavy atom. The van der Waals surface area contributed by atoms with E-state index in [-0.39, 0.29) is 5.91 Å². The number of aromatic amines is 1. The molecule has 0 atom stereocenters. The Bertz CT molecular complexity index is 960. The maximum atomic E-state index is 12.5. The molecule has 2 aromatic carbocycles. The number of anilines is 1. The fraction of sp³-hybridized carbons (Fsp3) is 0.348. The van der Waals surface area contributed by atoms with Gasteiger partial charge in [-0.05, 0) is 31.2 Å². The summed E-state index contributed by atoms with van der Waals surface area (Å²) in [5.41, 5.74) is 2.87. The third-order valence-electron chi connectivity index (χ3n) is 5.57. The quantitative estimate of drug-likeness (QED) is 0.607. The van der Waals surface area contributed by atoms with Crippen LogP contribution in [0.25, 0.3) is 10.9 Å². The van der Waals surface area contributed by atoms with Gasteiger partial charge in [0.05, 0.1) is 18.4 Å². The smallest absolute Gasteiger partial charge is 0.253 e. The highest BCUT2D eigenvalue weighted by Gasteiger charge is 2.19. The molecule has 0 radical (unpaired) electrons. The number of nitrogens with zero attached hydrogens (tertiary/aromatic N) is 2. The maximum Gasteiger partial charge on any atom is 0.253 e. The third-order valence-corrected chi connectivity index (χ3v) is 5.57.